The quantitative estimate of drug-likeness (QED) is 0.882. The Bertz CT molecular complexity index is 550. The van der Waals surface area contributed by atoms with E-state index < -0.39 is 0 Å². The highest BCUT2D eigenvalue weighted by Gasteiger charge is 1.97. The van der Waals surface area contributed by atoms with Crippen molar-refractivity contribution in [3.63, 3.8) is 0 Å². The number of benzene rings is 1. The van der Waals surface area contributed by atoms with E-state index in [4.69, 9.17) is 0 Å². The lowest BCUT2D eigenvalue weighted by molar-refractivity contribution is -0.111. The summed E-state index contributed by atoms with van der Waals surface area (Å²) in [5.74, 6) is -0.158. The summed E-state index contributed by atoms with van der Waals surface area (Å²) in [4.78, 5) is 15.6. The van der Waals surface area contributed by atoms with Crippen molar-refractivity contribution in [1.29, 1.82) is 0 Å². The minimum atomic E-state index is -0.158. The van der Waals surface area contributed by atoms with E-state index in [1.54, 1.807) is 18.5 Å². The summed E-state index contributed by atoms with van der Waals surface area (Å²) in [6.45, 7) is 0. The summed E-state index contributed by atoms with van der Waals surface area (Å²) >= 11 is 3.34. The summed E-state index contributed by atoms with van der Waals surface area (Å²) in [5.41, 5.74) is 1.71. The van der Waals surface area contributed by atoms with Crippen molar-refractivity contribution in [3.8, 4) is 0 Å². The third-order valence-electron chi connectivity index (χ3n) is 2.25. The van der Waals surface area contributed by atoms with Crippen molar-refractivity contribution in [3.05, 3.63) is 64.9 Å². The summed E-state index contributed by atoms with van der Waals surface area (Å²) in [7, 11) is 0. The zero-order valence-corrected chi connectivity index (χ0v) is 11.1. The predicted molar refractivity (Wildman–Crippen MR) is 76.0 cm³/mol. The van der Waals surface area contributed by atoms with Crippen LogP contribution >= 0.6 is 15.9 Å². The lowest BCUT2D eigenvalue weighted by Crippen LogP contribution is -2.07. The number of pyridine rings is 1. The molecule has 0 aliphatic heterocycles. The molecule has 2 rings (SSSR count). The van der Waals surface area contributed by atoms with Gasteiger partial charge in [0.2, 0.25) is 5.91 Å². The van der Waals surface area contributed by atoms with Gasteiger partial charge in [-0.2, -0.15) is 0 Å². The first-order chi connectivity index (χ1) is 8.74. The predicted octanol–water partition coefficient (Wildman–Crippen LogP) is 3.50. The zero-order chi connectivity index (χ0) is 12.8. The lowest BCUT2D eigenvalue weighted by Gasteiger charge is -2.01. The van der Waals surface area contributed by atoms with Crippen LogP contribution in [0.1, 0.15) is 5.56 Å². The minimum Gasteiger partial charge on any atom is -0.323 e. The largest absolute Gasteiger partial charge is 0.323 e. The number of amides is 1. The fourth-order valence-corrected chi connectivity index (χ4v) is 1.63. The molecule has 0 saturated heterocycles. The third kappa shape index (κ3) is 3.82. The van der Waals surface area contributed by atoms with E-state index in [2.05, 4.69) is 26.2 Å². The molecular formula is C14H11BrN2O. The smallest absolute Gasteiger partial charge is 0.248 e. The van der Waals surface area contributed by atoms with Gasteiger partial charge in [-0.25, -0.2) is 0 Å². The van der Waals surface area contributed by atoms with Crippen LogP contribution in [0.2, 0.25) is 0 Å². The highest BCUT2D eigenvalue weighted by molar-refractivity contribution is 9.10. The SMILES string of the molecule is O=C(/C=C/c1ccncc1)Nc1ccc(Br)cc1. The van der Waals surface area contributed by atoms with Crippen LogP contribution in [0.3, 0.4) is 0 Å². The topological polar surface area (TPSA) is 42.0 Å². The van der Waals surface area contributed by atoms with E-state index in [-0.39, 0.29) is 5.91 Å². The molecule has 0 aliphatic rings. The average molecular weight is 303 g/mol. The van der Waals surface area contributed by atoms with Crippen LogP contribution in [-0.4, -0.2) is 10.9 Å². The second-order valence-corrected chi connectivity index (χ2v) is 4.53. The van der Waals surface area contributed by atoms with Gasteiger partial charge in [-0.1, -0.05) is 15.9 Å². The molecular weight excluding hydrogens is 292 g/mol. The Hall–Kier alpha value is -1.94. The maximum atomic E-state index is 11.6. The summed E-state index contributed by atoms with van der Waals surface area (Å²) in [5, 5.41) is 2.78. The fourth-order valence-electron chi connectivity index (χ4n) is 1.36. The molecule has 0 radical (unpaired) electrons. The van der Waals surface area contributed by atoms with Gasteiger partial charge >= 0.3 is 0 Å². The van der Waals surface area contributed by atoms with E-state index in [9.17, 15) is 4.79 Å². The molecule has 4 heteroatoms. The van der Waals surface area contributed by atoms with Crippen LogP contribution in [-0.2, 0) is 4.79 Å². The Morgan fingerprint density at radius 3 is 2.44 bits per heavy atom. The van der Waals surface area contributed by atoms with Crippen LogP contribution in [0.5, 0.6) is 0 Å². The molecule has 0 saturated carbocycles. The number of halogens is 1. The van der Waals surface area contributed by atoms with Gasteiger partial charge < -0.3 is 5.32 Å². The zero-order valence-electron chi connectivity index (χ0n) is 9.51. The van der Waals surface area contributed by atoms with E-state index in [1.165, 1.54) is 6.08 Å². The lowest BCUT2D eigenvalue weighted by atomic mass is 10.2. The Morgan fingerprint density at radius 1 is 1.11 bits per heavy atom. The van der Waals surface area contributed by atoms with Gasteiger partial charge in [0.15, 0.2) is 0 Å². The van der Waals surface area contributed by atoms with E-state index in [1.807, 2.05) is 36.4 Å². The van der Waals surface area contributed by atoms with Crippen LogP contribution in [0.15, 0.2) is 59.3 Å². The molecule has 1 heterocycles. The van der Waals surface area contributed by atoms with Gasteiger partial charge in [-0.3, -0.25) is 9.78 Å². The Morgan fingerprint density at radius 2 is 1.78 bits per heavy atom. The average Bonchev–Trinajstić information content (AvgIpc) is 2.40. The molecule has 0 spiro atoms. The van der Waals surface area contributed by atoms with Crippen molar-refractivity contribution in [1.82, 2.24) is 4.98 Å². The van der Waals surface area contributed by atoms with Crippen LogP contribution in [0, 0.1) is 0 Å². The number of nitrogens with one attached hydrogen (secondary N) is 1. The van der Waals surface area contributed by atoms with Gasteiger partial charge in [0.25, 0.3) is 0 Å². The number of hydrogen-bond acceptors (Lipinski definition) is 2. The van der Waals surface area contributed by atoms with Gasteiger partial charge in [-0.05, 0) is 48.0 Å². The number of hydrogen-bond donors (Lipinski definition) is 1. The molecule has 2 aromatic rings. The van der Waals surface area contributed by atoms with Gasteiger partial charge in [-0.15, -0.1) is 0 Å². The molecule has 0 atom stereocenters. The van der Waals surface area contributed by atoms with Crippen molar-refractivity contribution >= 4 is 33.6 Å². The number of carbonyl (C=O) groups excluding carboxylic acids is 1. The van der Waals surface area contributed by atoms with Crippen molar-refractivity contribution in [2.24, 2.45) is 0 Å². The van der Waals surface area contributed by atoms with E-state index >= 15 is 0 Å². The molecule has 1 aromatic carbocycles. The monoisotopic (exact) mass is 302 g/mol. The Balaban J connectivity index is 1.97. The molecule has 90 valence electrons. The first-order valence-corrected chi connectivity index (χ1v) is 6.18. The first-order valence-electron chi connectivity index (χ1n) is 5.39. The van der Waals surface area contributed by atoms with Gasteiger partial charge in [0.1, 0.15) is 0 Å². The number of anilines is 1. The summed E-state index contributed by atoms with van der Waals surface area (Å²) in [6, 6.07) is 11.1. The van der Waals surface area contributed by atoms with Gasteiger partial charge in [0.05, 0.1) is 0 Å². The molecule has 0 bridgehead atoms. The normalized spacial score (nSPS) is 10.5. The van der Waals surface area contributed by atoms with Gasteiger partial charge in [0, 0.05) is 28.6 Å². The van der Waals surface area contributed by atoms with Crippen molar-refractivity contribution < 1.29 is 4.79 Å². The fraction of sp³-hybridized carbons (Fsp3) is 0. The molecule has 0 unspecified atom stereocenters. The summed E-state index contributed by atoms with van der Waals surface area (Å²) < 4.78 is 0.979. The number of aromatic nitrogens is 1. The number of carbonyl (C=O) groups is 1. The molecule has 1 amide bonds. The molecule has 0 fully saturated rings. The van der Waals surface area contributed by atoms with Crippen LogP contribution < -0.4 is 5.32 Å². The van der Waals surface area contributed by atoms with Crippen molar-refractivity contribution in [2.75, 3.05) is 5.32 Å². The Kier molecular flexibility index (Phi) is 4.25. The molecule has 18 heavy (non-hydrogen) atoms. The number of nitrogens with zero attached hydrogens (tertiary/aromatic N) is 1. The Labute approximate surface area is 114 Å². The van der Waals surface area contributed by atoms with E-state index in [0.717, 1.165) is 15.7 Å². The molecule has 1 aromatic heterocycles. The maximum Gasteiger partial charge on any atom is 0.248 e. The number of rotatable bonds is 3. The van der Waals surface area contributed by atoms with Crippen LogP contribution in [0.4, 0.5) is 5.69 Å². The summed E-state index contributed by atoms with van der Waals surface area (Å²) in [6.07, 6.45) is 6.62. The minimum absolute atomic E-state index is 0.158. The molecule has 3 nitrogen and oxygen atoms in total. The van der Waals surface area contributed by atoms with Crippen molar-refractivity contribution in [2.45, 2.75) is 0 Å². The standard InChI is InChI=1S/C14H11BrN2O/c15-12-2-4-13(5-3-12)17-14(18)6-1-11-7-9-16-10-8-11/h1-10H,(H,17,18)/b6-1+. The highest BCUT2D eigenvalue weighted by atomic mass is 79.9. The van der Waals surface area contributed by atoms with E-state index in [0.29, 0.717) is 0 Å². The first kappa shape index (κ1) is 12.5. The highest BCUT2D eigenvalue weighted by Crippen LogP contribution is 2.14. The third-order valence-corrected chi connectivity index (χ3v) is 2.77. The van der Waals surface area contributed by atoms with Crippen LogP contribution in [0.25, 0.3) is 6.08 Å². The maximum absolute atomic E-state index is 11.6. The second kappa shape index (κ2) is 6.12. The molecule has 0 aliphatic carbocycles. The second-order valence-electron chi connectivity index (χ2n) is 3.61. The molecule has 1 N–H and O–H groups in total.